The number of aryl methyl sites for hydroxylation is 2. The van der Waals surface area contributed by atoms with E-state index in [4.69, 9.17) is 17.4 Å². The van der Waals surface area contributed by atoms with E-state index in [1.807, 2.05) is 30.4 Å². The molecule has 0 aliphatic heterocycles. The van der Waals surface area contributed by atoms with Crippen LogP contribution in [0, 0.1) is 25.7 Å². The number of nitrogens with two attached hydrogens (primary N) is 1. The van der Waals surface area contributed by atoms with E-state index >= 15 is 0 Å². The van der Waals surface area contributed by atoms with Crippen LogP contribution in [0.5, 0.6) is 0 Å². The zero-order chi connectivity index (χ0) is 22.2. The molecule has 4 heteroatoms. The third-order valence-corrected chi connectivity index (χ3v) is 4.52. The van der Waals surface area contributed by atoms with Gasteiger partial charge in [-0.15, -0.1) is 12.8 Å². The number of hydrogen-bond acceptors (Lipinski definition) is 3. The van der Waals surface area contributed by atoms with E-state index in [1.54, 1.807) is 11.2 Å². The largest absolute Gasteiger partial charge is 0.385 e. The number of hydrogen-bond donors (Lipinski definition) is 2. The Balaban J connectivity index is 0.00000379. The fraction of sp³-hybridized carbons (Fsp3) is 0.280. The lowest BCUT2D eigenvalue weighted by Crippen LogP contribution is -2.28. The van der Waals surface area contributed by atoms with E-state index in [1.165, 1.54) is 11.1 Å². The highest BCUT2D eigenvalue weighted by atomic mass is 35.5. The SMILES string of the molecule is C#C.C=C/C(=C\C=C/C(C)CN(N)C=C)C(=C)NCCCc1cc(Cl)ccc1C. The third-order valence-electron chi connectivity index (χ3n) is 4.29. The summed E-state index contributed by atoms with van der Waals surface area (Å²) in [5.74, 6) is 6.04. The van der Waals surface area contributed by atoms with Crippen molar-refractivity contribution in [3.63, 3.8) is 0 Å². The van der Waals surface area contributed by atoms with E-state index in [-0.39, 0.29) is 0 Å². The van der Waals surface area contributed by atoms with Crippen LogP contribution in [0.2, 0.25) is 5.02 Å². The third kappa shape index (κ3) is 11.0. The first-order valence-corrected chi connectivity index (χ1v) is 9.91. The monoisotopic (exact) mass is 411 g/mol. The molecule has 0 saturated heterocycles. The molecule has 0 aromatic heterocycles. The average molecular weight is 412 g/mol. The van der Waals surface area contributed by atoms with Crippen LogP contribution in [0.15, 0.2) is 79.7 Å². The highest BCUT2D eigenvalue weighted by Gasteiger charge is 2.02. The second-order valence-electron chi connectivity index (χ2n) is 6.65. The van der Waals surface area contributed by atoms with Crippen molar-refractivity contribution in [2.45, 2.75) is 26.7 Å². The molecule has 1 rings (SSSR count). The van der Waals surface area contributed by atoms with Crippen LogP contribution in [0.4, 0.5) is 0 Å². The van der Waals surface area contributed by atoms with Crippen LogP contribution in [-0.4, -0.2) is 18.1 Å². The van der Waals surface area contributed by atoms with Gasteiger partial charge >= 0.3 is 0 Å². The Morgan fingerprint density at radius 2 is 2.03 bits per heavy atom. The maximum atomic E-state index is 6.08. The Kier molecular flexibility index (Phi) is 13.9. The van der Waals surface area contributed by atoms with Crippen molar-refractivity contribution in [2.24, 2.45) is 11.8 Å². The number of terminal acetylenes is 1. The van der Waals surface area contributed by atoms with Crippen LogP contribution < -0.4 is 11.2 Å². The Labute approximate surface area is 182 Å². The smallest absolute Gasteiger partial charge is 0.0408 e. The molecular weight excluding hydrogens is 378 g/mol. The van der Waals surface area contributed by atoms with Crippen molar-refractivity contribution in [3.8, 4) is 12.8 Å². The van der Waals surface area contributed by atoms with Gasteiger partial charge in [-0.3, -0.25) is 0 Å². The molecule has 0 radical (unpaired) electrons. The second kappa shape index (κ2) is 15.3. The Hall–Kier alpha value is -2.67. The second-order valence-corrected chi connectivity index (χ2v) is 7.08. The van der Waals surface area contributed by atoms with Gasteiger partial charge in [-0.25, -0.2) is 5.84 Å². The van der Waals surface area contributed by atoms with Crippen molar-refractivity contribution < 1.29 is 0 Å². The zero-order valence-corrected chi connectivity index (χ0v) is 18.5. The number of hydrazine groups is 1. The molecule has 1 atom stereocenters. The van der Waals surface area contributed by atoms with Gasteiger partial charge in [-0.05, 0) is 54.5 Å². The molecule has 156 valence electrons. The first-order chi connectivity index (χ1) is 13.9. The summed E-state index contributed by atoms with van der Waals surface area (Å²) in [6, 6.07) is 6.04. The van der Waals surface area contributed by atoms with E-state index in [9.17, 15) is 0 Å². The molecular formula is C25H34ClN3. The molecule has 0 amide bonds. The lowest BCUT2D eigenvalue weighted by molar-refractivity contribution is 0.359. The molecule has 0 aliphatic rings. The van der Waals surface area contributed by atoms with Gasteiger partial charge in [0.1, 0.15) is 0 Å². The fourth-order valence-electron chi connectivity index (χ4n) is 2.64. The van der Waals surface area contributed by atoms with E-state index in [0.717, 1.165) is 42.2 Å². The summed E-state index contributed by atoms with van der Waals surface area (Å²) in [5, 5.41) is 5.74. The number of nitrogens with zero attached hydrogens (tertiary/aromatic N) is 1. The quantitative estimate of drug-likeness (QED) is 0.155. The van der Waals surface area contributed by atoms with Gasteiger partial charge in [0.05, 0.1) is 0 Å². The minimum atomic E-state index is 0.317. The number of rotatable bonds is 12. The minimum absolute atomic E-state index is 0.317. The highest BCUT2D eigenvalue weighted by molar-refractivity contribution is 6.30. The van der Waals surface area contributed by atoms with Crippen molar-refractivity contribution in [3.05, 3.63) is 95.9 Å². The summed E-state index contributed by atoms with van der Waals surface area (Å²) in [6.07, 6.45) is 19.5. The predicted molar refractivity (Wildman–Crippen MR) is 129 cm³/mol. The minimum Gasteiger partial charge on any atom is -0.385 e. The molecule has 0 fully saturated rings. The molecule has 29 heavy (non-hydrogen) atoms. The number of halogens is 1. The molecule has 3 N–H and O–H groups in total. The molecule has 1 unspecified atom stereocenters. The summed E-state index contributed by atoms with van der Waals surface area (Å²) in [4.78, 5) is 0. The van der Waals surface area contributed by atoms with Gasteiger partial charge in [0, 0.05) is 30.0 Å². The first-order valence-electron chi connectivity index (χ1n) is 9.53. The van der Waals surface area contributed by atoms with E-state index < -0.39 is 0 Å². The average Bonchev–Trinajstić information content (AvgIpc) is 2.72. The first kappa shape index (κ1) is 26.3. The van der Waals surface area contributed by atoms with Gasteiger partial charge in [-0.1, -0.05) is 68.6 Å². The van der Waals surface area contributed by atoms with Gasteiger partial charge in [0.2, 0.25) is 0 Å². The molecule has 0 heterocycles. The molecule has 0 spiro atoms. The lowest BCUT2D eigenvalue weighted by atomic mass is 10.0. The van der Waals surface area contributed by atoms with E-state index in [0.29, 0.717) is 5.92 Å². The number of allylic oxidation sites excluding steroid dienone is 3. The topological polar surface area (TPSA) is 41.3 Å². The van der Waals surface area contributed by atoms with Crippen molar-refractivity contribution >= 4 is 11.6 Å². The molecule has 0 saturated carbocycles. The normalized spacial score (nSPS) is 11.9. The molecule has 0 aliphatic carbocycles. The zero-order valence-electron chi connectivity index (χ0n) is 17.7. The molecule has 1 aromatic carbocycles. The van der Waals surface area contributed by atoms with Gasteiger partial charge in [0.15, 0.2) is 0 Å². The Bertz CT molecular complexity index is 744. The molecule has 0 bridgehead atoms. The van der Waals surface area contributed by atoms with Crippen LogP contribution in [-0.2, 0) is 6.42 Å². The maximum Gasteiger partial charge on any atom is 0.0408 e. The van der Waals surface area contributed by atoms with E-state index in [2.05, 4.69) is 63.9 Å². The predicted octanol–water partition coefficient (Wildman–Crippen LogP) is 5.56. The summed E-state index contributed by atoms with van der Waals surface area (Å²) in [7, 11) is 0. The van der Waals surface area contributed by atoms with Gasteiger partial charge in [-0.2, -0.15) is 0 Å². The van der Waals surface area contributed by atoms with Crippen molar-refractivity contribution in [1.29, 1.82) is 0 Å². The van der Waals surface area contributed by atoms with Crippen molar-refractivity contribution in [1.82, 2.24) is 10.3 Å². The Morgan fingerprint density at radius 1 is 1.34 bits per heavy atom. The highest BCUT2D eigenvalue weighted by Crippen LogP contribution is 2.17. The Morgan fingerprint density at radius 3 is 2.66 bits per heavy atom. The fourth-order valence-corrected chi connectivity index (χ4v) is 2.83. The lowest BCUT2D eigenvalue weighted by Gasteiger charge is -2.15. The van der Waals surface area contributed by atoms with Crippen LogP contribution >= 0.6 is 11.6 Å². The summed E-state index contributed by atoms with van der Waals surface area (Å²) in [6.45, 7) is 17.4. The summed E-state index contributed by atoms with van der Waals surface area (Å²) in [5.41, 5.74) is 4.42. The molecule has 3 nitrogen and oxygen atoms in total. The standard InChI is InChI=1S/C23H32ClN3.C2H2/c1-6-21(11-8-10-18(3)17-27(25)7-2)20(5)26-15-9-12-22-16-23(24)14-13-19(22)4;1-2/h6-8,10-11,13-14,16,18,26H,1-2,5,9,12,15,17,25H2,3-4H3;1-2H/b10-8-,21-11+;. The molecule has 1 aromatic rings. The van der Waals surface area contributed by atoms with Crippen LogP contribution in [0.25, 0.3) is 0 Å². The van der Waals surface area contributed by atoms with Crippen molar-refractivity contribution in [2.75, 3.05) is 13.1 Å². The van der Waals surface area contributed by atoms with Gasteiger partial charge < -0.3 is 10.3 Å². The van der Waals surface area contributed by atoms with Gasteiger partial charge in [0.25, 0.3) is 0 Å². The summed E-state index contributed by atoms with van der Waals surface area (Å²) >= 11 is 6.08. The number of nitrogens with one attached hydrogen (secondary N) is 1. The number of benzene rings is 1. The van der Waals surface area contributed by atoms with Crippen LogP contribution in [0.1, 0.15) is 24.5 Å². The maximum absolute atomic E-state index is 6.08. The van der Waals surface area contributed by atoms with Crippen LogP contribution in [0.3, 0.4) is 0 Å². The summed E-state index contributed by atoms with van der Waals surface area (Å²) < 4.78 is 0.